The number of aromatic nitrogens is 2. The van der Waals surface area contributed by atoms with Gasteiger partial charge in [-0.1, -0.05) is 48.5 Å². The molecule has 0 atom stereocenters. The van der Waals surface area contributed by atoms with E-state index < -0.39 is 0 Å². The van der Waals surface area contributed by atoms with Crippen LogP contribution in [0.5, 0.6) is 0 Å². The Kier molecular flexibility index (Phi) is 5.00. The SMILES string of the molecule is Nc1c(Nc2cccc3ccccc23)ncnc1N1CCN(c2ccccc2F)CC1. The molecule has 1 aromatic heterocycles. The molecular weight excluding hydrogens is 391 g/mol. The number of rotatable bonds is 4. The lowest BCUT2D eigenvalue weighted by atomic mass is 10.1. The second-order valence-corrected chi connectivity index (χ2v) is 7.54. The molecule has 2 heterocycles. The van der Waals surface area contributed by atoms with Crippen molar-refractivity contribution in [2.24, 2.45) is 0 Å². The van der Waals surface area contributed by atoms with Gasteiger partial charge in [0.1, 0.15) is 17.8 Å². The molecule has 1 fully saturated rings. The van der Waals surface area contributed by atoms with Gasteiger partial charge < -0.3 is 20.9 Å². The summed E-state index contributed by atoms with van der Waals surface area (Å²) in [5, 5.41) is 5.62. The molecule has 1 saturated heterocycles. The molecule has 156 valence electrons. The quantitative estimate of drug-likeness (QED) is 0.515. The Hall–Kier alpha value is -3.87. The molecule has 6 nitrogen and oxygen atoms in total. The van der Waals surface area contributed by atoms with Gasteiger partial charge in [-0.25, -0.2) is 14.4 Å². The van der Waals surface area contributed by atoms with Crippen LogP contribution in [0.1, 0.15) is 0 Å². The summed E-state index contributed by atoms with van der Waals surface area (Å²) in [5.41, 5.74) is 8.56. The first-order chi connectivity index (χ1) is 15.2. The molecule has 5 rings (SSSR count). The van der Waals surface area contributed by atoms with Gasteiger partial charge >= 0.3 is 0 Å². The first kappa shape index (κ1) is 19.1. The summed E-state index contributed by atoms with van der Waals surface area (Å²) in [7, 11) is 0. The van der Waals surface area contributed by atoms with Crippen LogP contribution >= 0.6 is 0 Å². The smallest absolute Gasteiger partial charge is 0.159 e. The van der Waals surface area contributed by atoms with Crippen LogP contribution in [0.3, 0.4) is 0 Å². The number of nitrogens with one attached hydrogen (secondary N) is 1. The molecule has 0 spiro atoms. The van der Waals surface area contributed by atoms with Crippen molar-refractivity contribution in [3.63, 3.8) is 0 Å². The topological polar surface area (TPSA) is 70.3 Å². The highest BCUT2D eigenvalue weighted by Gasteiger charge is 2.23. The van der Waals surface area contributed by atoms with E-state index in [9.17, 15) is 4.39 Å². The molecule has 4 aromatic rings. The van der Waals surface area contributed by atoms with E-state index in [0.29, 0.717) is 49.2 Å². The number of anilines is 5. The second-order valence-electron chi connectivity index (χ2n) is 7.54. The molecule has 3 aromatic carbocycles. The number of piperazine rings is 1. The fraction of sp³-hybridized carbons (Fsp3) is 0.167. The number of nitrogens with zero attached hydrogens (tertiary/aromatic N) is 4. The van der Waals surface area contributed by atoms with Crippen molar-refractivity contribution in [1.82, 2.24) is 9.97 Å². The zero-order chi connectivity index (χ0) is 21.2. The Balaban J connectivity index is 1.36. The second kappa shape index (κ2) is 8.10. The van der Waals surface area contributed by atoms with E-state index in [0.717, 1.165) is 16.5 Å². The molecule has 0 saturated carbocycles. The molecule has 31 heavy (non-hydrogen) atoms. The third-order valence-corrected chi connectivity index (χ3v) is 5.68. The van der Waals surface area contributed by atoms with Gasteiger partial charge in [-0.2, -0.15) is 0 Å². The summed E-state index contributed by atoms with van der Waals surface area (Å²) in [6.45, 7) is 2.78. The van der Waals surface area contributed by atoms with E-state index in [1.54, 1.807) is 6.07 Å². The molecule has 3 N–H and O–H groups in total. The van der Waals surface area contributed by atoms with Crippen LogP contribution in [0.2, 0.25) is 0 Å². The summed E-state index contributed by atoms with van der Waals surface area (Å²) >= 11 is 0. The Morgan fingerprint density at radius 2 is 1.52 bits per heavy atom. The van der Waals surface area contributed by atoms with Gasteiger partial charge in [0.05, 0.1) is 5.69 Å². The van der Waals surface area contributed by atoms with Gasteiger partial charge in [0.2, 0.25) is 0 Å². The maximum Gasteiger partial charge on any atom is 0.159 e. The minimum absolute atomic E-state index is 0.195. The van der Waals surface area contributed by atoms with Crippen molar-refractivity contribution in [3.8, 4) is 0 Å². The van der Waals surface area contributed by atoms with Crippen LogP contribution in [-0.4, -0.2) is 36.1 Å². The number of hydrogen-bond acceptors (Lipinski definition) is 6. The molecule has 0 radical (unpaired) electrons. The number of nitrogen functional groups attached to an aromatic ring is 1. The first-order valence-electron chi connectivity index (χ1n) is 10.3. The maximum atomic E-state index is 14.1. The van der Waals surface area contributed by atoms with E-state index in [-0.39, 0.29) is 5.82 Å². The summed E-state index contributed by atoms with van der Waals surface area (Å²) in [6, 6.07) is 21.1. The molecule has 0 aliphatic carbocycles. The fourth-order valence-electron chi connectivity index (χ4n) is 4.07. The summed E-state index contributed by atoms with van der Waals surface area (Å²) < 4.78 is 14.1. The minimum Gasteiger partial charge on any atom is -0.393 e. The van der Waals surface area contributed by atoms with E-state index in [1.165, 1.54) is 12.4 Å². The molecule has 0 unspecified atom stereocenters. The molecule has 0 bridgehead atoms. The third kappa shape index (κ3) is 3.70. The Labute approximate surface area is 180 Å². The largest absolute Gasteiger partial charge is 0.393 e. The summed E-state index contributed by atoms with van der Waals surface area (Å²) in [4.78, 5) is 13.0. The van der Waals surface area contributed by atoms with Crippen molar-refractivity contribution < 1.29 is 4.39 Å². The number of benzene rings is 3. The number of para-hydroxylation sites is 1. The minimum atomic E-state index is -0.195. The van der Waals surface area contributed by atoms with Crippen molar-refractivity contribution in [2.45, 2.75) is 0 Å². The monoisotopic (exact) mass is 414 g/mol. The number of halogens is 1. The van der Waals surface area contributed by atoms with Crippen LogP contribution < -0.4 is 20.9 Å². The van der Waals surface area contributed by atoms with E-state index in [1.807, 2.05) is 36.4 Å². The van der Waals surface area contributed by atoms with Crippen LogP contribution in [0.15, 0.2) is 73.1 Å². The Bertz CT molecular complexity index is 1210. The van der Waals surface area contributed by atoms with Crippen LogP contribution in [0, 0.1) is 5.82 Å². The van der Waals surface area contributed by atoms with Crippen LogP contribution in [-0.2, 0) is 0 Å². The van der Waals surface area contributed by atoms with Gasteiger partial charge in [-0.15, -0.1) is 0 Å². The zero-order valence-corrected chi connectivity index (χ0v) is 17.0. The Morgan fingerprint density at radius 3 is 2.35 bits per heavy atom. The standard InChI is InChI=1S/C24H23FN6/c25-19-9-3-4-11-21(19)30-12-14-31(15-13-30)24-22(26)23(27-16-28-24)29-20-10-5-7-17-6-1-2-8-18(17)20/h1-11,16H,12-15,26H2,(H,27,28,29). The molecule has 7 heteroatoms. The summed E-state index contributed by atoms with van der Waals surface area (Å²) in [6.07, 6.45) is 1.53. The lowest BCUT2D eigenvalue weighted by Crippen LogP contribution is -2.47. The lowest BCUT2D eigenvalue weighted by molar-refractivity contribution is 0.596. The van der Waals surface area contributed by atoms with Gasteiger partial charge in [0.25, 0.3) is 0 Å². The number of fused-ring (bicyclic) bond motifs is 1. The zero-order valence-electron chi connectivity index (χ0n) is 17.0. The molecule has 1 aliphatic heterocycles. The summed E-state index contributed by atoms with van der Waals surface area (Å²) in [5.74, 6) is 1.09. The van der Waals surface area contributed by atoms with Crippen molar-refractivity contribution in [3.05, 3.63) is 78.9 Å². The van der Waals surface area contributed by atoms with E-state index >= 15 is 0 Å². The highest BCUT2D eigenvalue weighted by molar-refractivity contribution is 5.96. The van der Waals surface area contributed by atoms with Gasteiger partial charge in [-0.05, 0) is 23.6 Å². The fourth-order valence-corrected chi connectivity index (χ4v) is 4.07. The third-order valence-electron chi connectivity index (χ3n) is 5.68. The normalized spacial score (nSPS) is 14.1. The van der Waals surface area contributed by atoms with Gasteiger partial charge in [0.15, 0.2) is 11.6 Å². The average Bonchev–Trinajstić information content (AvgIpc) is 2.81. The highest BCUT2D eigenvalue weighted by Crippen LogP contribution is 2.32. The maximum absolute atomic E-state index is 14.1. The number of nitrogens with two attached hydrogens (primary N) is 1. The first-order valence-corrected chi connectivity index (χ1v) is 10.3. The predicted octanol–water partition coefficient (Wildman–Crippen LogP) is 4.42. The predicted molar refractivity (Wildman–Crippen MR) is 125 cm³/mol. The van der Waals surface area contributed by atoms with Crippen molar-refractivity contribution in [2.75, 3.05) is 47.0 Å². The van der Waals surface area contributed by atoms with E-state index in [2.05, 4.69) is 43.3 Å². The van der Waals surface area contributed by atoms with E-state index in [4.69, 9.17) is 5.73 Å². The van der Waals surface area contributed by atoms with Gasteiger partial charge in [-0.3, -0.25) is 0 Å². The lowest BCUT2D eigenvalue weighted by Gasteiger charge is -2.37. The van der Waals surface area contributed by atoms with Crippen LogP contribution in [0.25, 0.3) is 10.8 Å². The van der Waals surface area contributed by atoms with Crippen LogP contribution in [0.4, 0.5) is 33.1 Å². The number of hydrogen-bond donors (Lipinski definition) is 2. The van der Waals surface area contributed by atoms with Gasteiger partial charge in [0, 0.05) is 37.3 Å². The molecule has 0 amide bonds. The highest BCUT2D eigenvalue weighted by atomic mass is 19.1. The molecule has 1 aliphatic rings. The van der Waals surface area contributed by atoms with Crippen molar-refractivity contribution in [1.29, 1.82) is 0 Å². The average molecular weight is 414 g/mol. The molecular formula is C24H23FN6. The Morgan fingerprint density at radius 1 is 0.806 bits per heavy atom. The van der Waals surface area contributed by atoms with Crippen molar-refractivity contribution >= 4 is 39.5 Å².